The van der Waals surface area contributed by atoms with Gasteiger partial charge in [0.05, 0.1) is 10.6 Å². The second-order valence-corrected chi connectivity index (χ2v) is 7.47. The van der Waals surface area contributed by atoms with Crippen LogP contribution in [-0.4, -0.2) is 46.8 Å². The summed E-state index contributed by atoms with van der Waals surface area (Å²) in [5, 5.41) is 1.80. The molecule has 1 N–H and O–H groups in total. The fraction of sp³-hybridized carbons (Fsp3) is 0.500. The summed E-state index contributed by atoms with van der Waals surface area (Å²) in [7, 11) is 1.54. The van der Waals surface area contributed by atoms with Crippen LogP contribution in [-0.2, 0) is 15.8 Å². The van der Waals surface area contributed by atoms with E-state index in [1.54, 1.807) is 0 Å². The number of halogens is 4. The smallest absolute Gasteiger partial charge is 0.325 e. The molecule has 152 valence electrons. The SMILES string of the molecule is CN1C(=O)N(CC(=O)Nc2ccc(Cl)c(C(F)(F)F)c2)C(=O)C12CCCCC2. The number of hydrogen-bond donors (Lipinski definition) is 1. The van der Waals surface area contributed by atoms with E-state index < -0.39 is 46.7 Å². The van der Waals surface area contributed by atoms with Gasteiger partial charge < -0.3 is 10.2 Å². The molecule has 0 aromatic heterocycles. The van der Waals surface area contributed by atoms with E-state index in [-0.39, 0.29) is 5.69 Å². The van der Waals surface area contributed by atoms with Crippen LogP contribution in [0.25, 0.3) is 0 Å². The highest BCUT2D eigenvalue weighted by atomic mass is 35.5. The average molecular weight is 418 g/mol. The van der Waals surface area contributed by atoms with Gasteiger partial charge in [-0.15, -0.1) is 0 Å². The fourth-order valence-electron chi connectivity index (χ4n) is 3.84. The Labute approximate surface area is 164 Å². The number of anilines is 1. The summed E-state index contributed by atoms with van der Waals surface area (Å²) in [6, 6.07) is 2.38. The van der Waals surface area contributed by atoms with Gasteiger partial charge in [-0.1, -0.05) is 30.9 Å². The van der Waals surface area contributed by atoms with Crippen molar-refractivity contribution in [1.82, 2.24) is 9.80 Å². The first-order valence-electron chi connectivity index (χ1n) is 8.82. The fourth-order valence-corrected chi connectivity index (χ4v) is 4.06. The molecule has 2 aliphatic rings. The van der Waals surface area contributed by atoms with Crippen molar-refractivity contribution in [1.29, 1.82) is 0 Å². The van der Waals surface area contributed by atoms with Gasteiger partial charge >= 0.3 is 12.2 Å². The highest BCUT2D eigenvalue weighted by Gasteiger charge is 2.55. The van der Waals surface area contributed by atoms with Gasteiger partial charge in [0.2, 0.25) is 5.91 Å². The molecule has 6 nitrogen and oxygen atoms in total. The maximum atomic E-state index is 12.9. The Morgan fingerprint density at radius 2 is 1.86 bits per heavy atom. The summed E-state index contributed by atoms with van der Waals surface area (Å²) in [6.45, 7) is -0.562. The Morgan fingerprint density at radius 1 is 1.21 bits per heavy atom. The number of carbonyl (C=O) groups is 3. The number of rotatable bonds is 3. The van der Waals surface area contributed by atoms with E-state index in [1.165, 1.54) is 18.0 Å². The number of imide groups is 1. The molecule has 1 spiro atoms. The molecule has 3 rings (SSSR count). The number of alkyl halides is 3. The summed E-state index contributed by atoms with van der Waals surface area (Å²) < 4.78 is 38.8. The van der Waals surface area contributed by atoms with Crippen LogP contribution in [0.4, 0.5) is 23.7 Å². The molecule has 1 heterocycles. The topological polar surface area (TPSA) is 69.7 Å². The Bertz CT molecular complexity index is 822. The maximum absolute atomic E-state index is 12.9. The van der Waals surface area contributed by atoms with Crippen LogP contribution < -0.4 is 5.32 Å². The monoisotopic (exact) mass is 417 g/mol. The summed E-state index contributed by atoms with van der Waals surface area (Å²) >= 11 is 5.56. The Kier molecular flexibility index (Phi) is 5.31. The summed E-state index contributed by atoms with van der Waals surface area (Å²) in [5.41, 5.74) is -2.12. The Hall–Kier alpha value is -2.29. The minimum Gasteiger partial charge on any atom is -0.325 e. The van der Waals surface area contributed by atoms with Gasteiger partial charge in [0, 0.05) is 12.7 Å². The van der Waals surface area contributed by atoms with E-state index >= 15 is 0 Å². The number of urea groups is 1. The molecule has 1 aromatic carbocycles. The highest BCUT2D eigenvalue weighted by molar-refractivity contribution is 6.31. The van der Waals surface area contributed by atoms with Crippen LogP contribution >= 0.6 is 11.6 Å². The number of amides is 4. The third kappa shape index (κ3) is 3.55. The lowest BCUT2D eigenvalue weighted by atomic mass is 9.81. The van der Waals surface area contributed by atoms with Crippen LogP contribution in [0.15, 0.2) is 18.2 Å². The molecular weight excluding hydrogens is 399 g/mol. The number of carbonyl (C=O) groups excluding carboxylic acids is 3. The minimum absolute atomic E-state index is 0.124. The molecule has 0 unspecified atom stereocenters. The first-order chi connectivity index (χ1) is 13.1. The van der Waals surface area contributed by atoms with Gasteiger partial charge in [-0.3, -0.25) is 14.5 Å². The summed E-state index contributed by atoms with van der Waals surface area (Å²) in [4.78, 5) is 39.9. The number of likely N-dealkylation sites (N-methyl/N-ethyl adjacent to an activating group) is 1. The highest BCUT2D eigenvalue weighted by Crippen LogP contribution is 2.39. The maximum Gasteiger partial charge on any atom is 0.417 e. The first-order valence-corrected chi connectivity index (χ1v) is 9.20. The molecule has 1 aliphatic heterocycles. The van der Waals surface area contributed by atoms with Gasteiger partial charge in [-0.2, -0.15) is 13.2 Å². The second kappa shape index (κ2) is 7.27. The predicted octanol–water partition coefficient (Wildman–Crippen LogP) is 3.89. The first kappa shape index (κ1) is 20.4. The van der Waals surface area contributed by atoms with Crippen molar-refractivity contribution in [2.24, 2.45) is 0 Å². The van der Waals surface area contributed by atoms with E-state index in [4.69, 9.17) is 11.6 Å². The number of benzene rings is 1. The van der Waals surface area contributed by atoms with Crippen LogP contribution in [0.1, 0.15) is 37.7 Å². The van der Waals surface area contributed by atoms with Crippen molar-refractivity contribution >= 4 is 35.1 Å². The predicted molar refractivity (Wildman–Crippen MR) is 95.8 cm³/mol. The summed E-state index contributed by atoms with van der Waals surface area (Å²) in [5.74, 6) is -1.19. The Balaban J connectivity index is 1.73. The van der Waals surface area contributed by atoms with E-state index in [9.17, 15) is 27.6 Å². The van der Waals surface area contributed by atoms with Gasteiger partial charge in [0.25, 0.3) is 5.91 Å². The van der Waals surface area contributed by atoms with Gasteiger partial charge in [0.1, 0.15) is 12.1 Å². The molecule has 2 fully saturated rings. The van der Waals surface area contributed by atoms with Crippen LogP contribution in [0.5, 0.6) is 0 Å². The lowest BCUT2D eigenvalue weighted by Crippen LogP contribution is -2.49. The standard InChI is InChI=1S/C18H19ClF3N3O3/c1-24-16(28)25(15(27)17(24)7-3-2-4-8-17)10-14(26)23-11-5-6-13(19)12(9-11)18(20,21)22/h5-6,9H,2-4,7-8,10H2,1H3,(H,23,26). The second-order valence-electron chi connectivity index (χ2n) is 7.07. The Morgan fingerprint density at radius 3 is 2.46 bits per heavy atom. The number of nitrogens with one attached hydrogen (secondary N) is 1. The van der Waals surface area contributed by atoms with E-state index in [2.05, 4.69) is 5.32 Å². The molecule has 1 saturated carbocycles. The largest absolute Gasteiger partial charge is 0.417 e. The summed E-state index contributed by atoms with van der Waals surface area (Å²) in [6.07, 6.45) is -0.982. The van der Waals surface area contributed by atoms with Gasteiger partial charge in [-0.05, 0) is 31.0 Å². The third-order valence-electron chi connectivity index (χ3n) is 5.34. The molecule has 0 radical (unpaired) electrons. The molecule has 10 heteroatoms. The molecule has 0 bridgehead atoms. The minimum atomic E-state index is -4.67. The van der Waals surface area contributed by atoms with Crippen LogP contribution in [0.3, 0.4) is 0 Å². The zero-order chi connectivity index (χ0) is 20.7. The van der Waals surface area contributed by atoms with Crippen molar-refractivity contribution in [3.8, 4) is 0 Å². The zero-order valence-electron chi connectivity index (χ0n) is 15.1. The van der Waals surface area contributed by atoms with E-state index in [0.29, 0.717) is 18.9 Å². The molecule has 4 amide bonds. The van der Waals surface area contributed by atoms with Crippen molar-refractivity contribution < 1.29 is 27.6 Å². The van der Waals surface area contributed by atoms with E-state index in [0.717, 1.165) is 30.2 Å². The van der Waals surface area contributed by atoms with Crippen molar-refractivity contribution in [2.75, 3.05) is 18.9 Å². The molecule has 1 saturated heterocycles. The van der Waals surface area contributed by atoms with Crippen LogP contribution in [0.2, 0.25) is 5.02 Å². The number of hydrogen-bond acceptors (Lipinski definition) is 3. The number of nitrogens with zero attached hydrogens (tertiary/aromatic N) is 2. The van der Waals surface area contributed by atoms with Gasteiger partial charge in [0.15, 0.2) is 0 Å². The lowest BCUT2D eigenvalue weighted by molar-refractivity contribution is -0.137. The van der Waals surface area contributed by atoms with Crippen molar-refractivity contribution in [3.63, 3.8) is 0 Å². The molecule has 28 heavy (non-hydrogen) atoms. The lowest BCUT2D eigenvalue weighted by Gasteiger charge is -2.35. The quantitative estimate of drug-likeness (QED) is 0.758. The van der Waals surface area contributed by atoms with Crippen molar-refractivity contribution in [2.45, 2.75) is 43.8 Å². The molecule has 0 atom stereocenters. The zero-order valence-corrected chi connectivity index (χ0v) is 15.9. The molecule has 1 aromatic rings. The van der Waals surface area contributed by atoms with Gasteiger partial charge in [-0.25, -0.2) is 4.79 Å². The molecule has 1 aliphatic carbocycles. The van der Waals surface area contributed by atoms with Crippen LogP contribution in [0, 0.1) is 0 Å². The molecular formula is C18H19ClF3N3O3. The van der Waals surface area contributed by atoms with Crippen molar-refractivity contribution in [3.05, 3.63) is 28.8 Å². The average Bonchev–Trinajstić information content (AvgIpc) is 2.79. The third-order valence-corrected chi connectivity index (χ3v) is 5.67. The normalized spacial score (nSPS) is 19.5. The van der Waals surface area contributed by atoms with E-state index in [1.807, 2.05) is 0 Å².